The van der Waals surface area contributed by atoms with E-state index in [-0.39, 0.29) is 0 Å². The molecule has 3 aromatic rings. The largest absolute Gasteiger partial charge is 0.492 e. The van der Waals surface area contributed by atoms with E-state index >= 15 is 0 Å². The number of hydrogen-bond donors (Lipinski definition) is 0. The summed E-state index contributed by atoms with van der Waals surface area (Å²) in [5.74, 6) is 2.32. The number of fused-ring (bicyclic) bond motifs is 1. The molecule has 0 amide bonds. The van der Waals surface area contributed by atoms with Gasteiger partial charge in [0.15, 0.2) is 0 Å². The first-order valence-electron chi connectivity index (χ1n) is 7.90. The molecule has 0 saturated carbocycles. The van der Waals surface area contributed by atoms with Crippen LogP contribution in [-0.4, -0.2) is 16.2 Å². The van der Waals surface area contributed by atoms with Crippen LogP contribution in [0.1, 0.15) is 31.2 Å². The molecule has 0 saturated heterocycles. The summed E-state index contributed by atoms with van der Waals surface area (Å²) in [5.41, 5.74) is 3.23. The van der Waals surface area contributed by atoms with E-state index in [1.165, 1.54) is 0 Å². The van der Waals surface area contributed by atoms with Crippen molar-refractivity contribution >= 4 is 22.6 Å². The van der Waals surface area contributed by atoms with Gasteiger partial charge in [0.05, 0.1) is 17.6 Å². The quantitative estimate of drug-likeness (QED) is 0.643. The smallest absolute Gasteiger partial charge is 0.119 e. The number of benzene rings is 2. The number of imidazole rings is 1. The molecular weight excluding hydrogens is 308 g/mol. The van der Waals surface area contributed by atoms with Crippen molar-refractivity contribution in [3.8, 4) is 5.75 Å². The van der Waals surface area contributed by atoms with Gasteiger partial charge in [-0.25, -0.2) is 4.98 Å². The molecule has 0 aliphatic rings. The third-order valence-corrected chi connectivity index (χ3v) is 4.34. The number of hydrogen-bond acceptors (Lipinski definition) is 2. The number of nitrogens with zero attached hydrogens (tertiary/aromatic N) is 2. The van der Waals surface area contributed by atoms with E-state index in [1.807, 2.05) is 37.3 Å². The van der Waals surface area contributed by atoms with Gasteiger partial charge in [0, 0.05) is 10.9 Å². The zero-order valence-electron chi connectivity index (χ0n) is 13.7. The lowest BCUT2D eigenvalue weighted by atomic mass is 10.2. The van der Waals surface area contributed by atoms with Gasteiger partial charge >= 0.3 is 0 Å². The van der Waals surface area contributed by atoms with E-state index in [9.17, 15) is 0 Å². The minimum Gasteiger partial charge on any atom is -0.492 e. The third kappa shape index (κ3) is 3.35. The van der Waals surface area contributed by atoms with Crippen LogP contribution < -0.4 is 4.74 Å². The van der Waals surface area contributed by atoms with Gasteiger partial charge in [0.25, 0.3) is 0 Å². The van der Waals surface area contributed by atoms with Crippen LogP contribution in [0, 0.1) is 6.92 Å². The highest BCUT2D eigenvalue weighted by molar-refractivity contribution is 6.31. The monoisotopic (exact) mass is 328 g/mol. The lowest BCUT2D eigenvalue weighted by Crippen LogP contribution is -2.12. The van der Waals surface area contributed by atoms with Crippen molar-refractivity contribution in [1.82, 2.24) is 9.55 Å². The van der Waals surface area contributed by atoms with Gasteiger partial charge in [-0.1, -0.05) is 37.6 Å². The summed E-state index contributed by atoms with van der Waals surface area (Å²) in [6.07, 6.45) is 0. The van der Waals surface area contributed by atoms with Crippen LogP contribution in [0.25, 0.3) is 11.0 Å². The van der Waals surface area contributed by atoms with Crippen molar-refractivity contribution in [3.05, 3.63) is 58.9 Å². The molecule has 0 radical (unpaired) electrons. The summed E-state index contributed by atoms with van der Waals surface area (Å²) in [7, 11) is 0. The number of ether oxygens (including phenoxy) is 1. The second-order valence-electron chi connectivity index (χ2n) is 6.02. The van der Waals surface area contributed by atoms with Crippen molar-refractivity contribution in [2.45, 2.75) is 33.2 Å². The fourth-order valence-electron chi connectivity index (χ4n) is 2.73. The predicted molar refractivity (Wildman–Crippen MR) is 95.5 cm³/mol. The topological polar surface area (TPSA) is 27.1 Å². The summed E-state index contributed by atoms with van der Waals surface area (Å²) in [4.78, 5) is 4.75. The minimum absolute atomic E-state index is 0.375. The SMILES string of the molecule is Cc1cc(OCCn2c(C(C)C)nc3ccccc32)ccc1Cl. The molecule has 3 rings (SSSR count). The van der Waals surface area contributed by atoms with E-state index in [0.717, 1.165) is 39.7 Å². The number of halogens is 1. The van der Waals surface area contributed by atoms with E-state index in [0.29, 0.717) is 12.5 Å². The zero-order chi connectivity index (χ0) is 16.4. The molecule has 1 aromatic heterocycles. The number of rotatable bonds is 5. The second kappa shape index (κ2) is 6.63. The van der Waals surface area contributed by atoms with Crippen LogP contribution in [-0.2, 0) is 6.54 Å². The Hall–Kier alpha value is -2.00. The van der Waals surface area contributed by atoms with Crippen LogP contribution in [0.4, 0.5) is 0 Å². The van der Waals surface area contributed by atoms with Crippen LogP contribution in [0.2, 0.25) is 5.02 Å². The fraction of sp³-hybridized carbons (Fsp3) is 0.316. The molecule has 3 nitrogen and oxygen atoms in total. The van der Waals surface area contributed by atoms with E-state index in [4.69, 9.17) is 21.3 Å². The highest BCUT2D eigenvalue weighted by atomic mass is 35.5. The minimum atomic E-state index is 0.375. The van der Waals surface area contributed by atoms with Gasteiger partial charge in [-0.2, -0.15) is 0 Å². The molecule has 0 aliphatic carbocycles. The molecule has 0 aliphatic heterocycles. The molecule has 0 atom stereocenters. The van der Waals surface area contributed by atoms with Crippen LogP contribution in [0.15, 0.2) is 42.5 Å². The predicted octanol–water partition coefficient (Wildman–Crippen LogP) is 5.20. The Bertz CT molecular complexity index is 823. The average Bonchev–Trinajstić information content (AvgIpc) is 2.90. The molecule has 0 N–H and O–H groups in total. The van der Waals surface area contributed by atoms with Gasteiger partial charge in [-0.15, -0.1) is 0 Å². The van der Waals surface area contributed by atoms with E-state index < -0.39 is 0 Å². The Morgan fingerprint density at radius 1 is 1.17 bits per heavy atom. The molecule has 0 unspecified atom stereocenters. The van der Waals surface area contributed by atoms with E-state index in [1.54, 1.807) is 0 Å². The van der Waals surface area contributed by atoms with Gasteiger partial charge in [-0.05, 0) is 42.8 Å². The highest BCUT2D eigenvalue weighted by Crippen LogP contribution is 2.23. The van der Waals surface area contributed by atoms with Gasteiger partial charge < -0.3 is 9.30 Å². The van der Waals surface area contributed by atoms with Crippen molar-refractivity contribution in [2.24, 2.45) is 0 Å². The first-order chi connectivity index (χ1) is 11.1. The molecule has 23 heavy (non-hydrogen) atoms. The summed E-state index contributed by atoms with van der Waals surface area (Å²) in [6.45, 7) is 7.69. The second-order valence-corrected chi connectivity index (χ2v) is 6.43. The van der Waals surface area contributed by atoms with Crippen LogP contribution in [0.3, 0.4) is 0 Å². The Kier molecular flexibility index (Phi) is 4.58. The molecule has 0 fully saturated rings. The summed E-state index contributed by atoms with van der Waals surface area (Å²) < 4.78 is 8.14. The van der Waals surface area contributed by atoms with Gasteiger partial charge in [0.1, 0.15) is 18.2 Å². The first-order valence-corrected chi connectivity index (χ1v) is 8.28. The highest BCUT2D eigenvalue weighted by Gasteiger charge is 2.13. The third-order valence-electron chi connectivity index (χ3n) is 3.91. The lowest BCUT2D eigenvalue weighted by Gasteiger charge is -2.13. The summed E-state index contributed by atoms with van der Waals surface area (Å²) in [5, 5.41) is 0.764. The molecular formula is C19H21ClN2O. The molecule has 1 heterocycles. The van der Waals surface area contributed by atoms with E-state index in [2.05, 4.69) is 30.5 Å². The molecule has 0 spiro atoms. The average molecular weight is 329 g/mol. The number of para-hydroxylation sites is 2. The molecule has 120 valence electrons. The summed E-state index contributed by atoms with van der Waals surface area (Å²) >= 11 is 6.05. The zero-order valence-corrected chi connectivity index (χ0v) is 14.5. The Morgan fingerprint density at radius 2 is 1.96 bits per heavy atom. The van der Waals surface area contributed by atoms with Gasteiger partial charge in [-0.3, -0.25) is 0 Å². The van der Waals surface area contributed by atoms with Crippen molar-refractivity contribution in [2.75, 3.05) is 6.61 Å². The standard InChI is InChI=1S/C19H21ClN2O/c1-13(2)19-21-17-6-4-5-7-18(17)22(19)10-11-23-15-8-9-16(20)14(3)12-15/h4-9,12-13H,10-11H2,1-3H3. The lowest BCUT2D eigenvalue weighted by molar-refractivity contribution is 0.297. The maximum atomic E-state index is 6.05. The van der Waals surface area contributed by atoms with Crippen LogP contribution >= 0.6 is 11.6 Å². The fourth-order valence-corrected chi connectivity index (χ4v) is 2.85. The molecule has 4 heteroatoms. The number of aryl methyl sites for hydroxylation is 1. The van der Waals surface area contributed by atoms with Crippen molar-refractivity contribution in [3.63, 3.8) is 0 Å². The van der Waals surface area contributed by atoms with Gasteiger partial charge in [0.2, 0.25) is 0 Å². The van der Waals surface area contributed by atoms with Crippen LogP contribution in [0.5, 0.6) is 5.75 Å². The Morgan fingerprint density at radius 3 is 2.70 bits per heavy atom. The maximum absolute atomic E-state index is 6.05. The normalized spacial score (nSPS) is 11.3. The first kappa shape index (κ1) is 15.9. The van der Waals surface area contributed by atoms with Crippen molar-refractivity contribution in [1.29, 1.82) is 0 Å². The van der Waals surface area contributed by atoms with Crippen molar-refractivity contribution < 1.29 is 4.74 Å². The molecule has 2 aromatic carbocycles. The molecule has 0 bridgehead atoms. The Labute approximate surface area is 141 Å². The number of aromatic nitrogens is 2. The maximum Gasteiger partial charge on any atom is 0.119 e. The Balaban J connectivity index is 1.78. The summed E-state index contributed by atoms with van der Waals surface area (Å²) in [6, 6.07) is 14.0.